The summed E-state index contributed by atoms with van der Waals surface area (Å²) >= 11 is 0. The highest BCUT2D eigenvalue weighted by molar-refractivity contribution is 5.81. The number of nitro groups is 1. The third-order valence-corrected chi connectivity index (χ3v) is 4.14. The topological polar surface area (TPSA) is 111 Å². The average Bonchev–Trinajstić information content (AvgIpc) is 2.64. The van der Waals surface area contributed by atoms with Crippen LogP contribution in [0.15, 0.2) is 24.3 Å². The van der Waals surface area contributed by atoms with Crippen LogP contribution in [0, 0.1) is 16.0 Å². The minimum atomic E-state index is -0.460. The number of hydrogen-bond acceptors (Lipinski definition) is 6. The second kappa shape index (κ2) is 9.61. The molecular formula is C17H23N3O5. The highest BCUT2D eigenvalue weighted by Crippen LogP contribution is 2.24. The molecule has 1 aliphatic carbocycles. The molecule has 1 saturated carbocycles. The second-order valence-electron chi connectivity index (χ2n) is 6.02. The molecular weight excluding hydrogens is 326 g/mol. The van der Waals surface area contributed by atoms with E-state index in [9.17, 15) is 19.7 Å². The molecule has 0 unspecified atom stereocenters. The van der Waals surface area contributed by atoms with Crippen molar-refractivity contribution in [3.05, 3.63) is 34.4 Å². The third kappa shape index (κ3) is 6.40. The van der Waals surface area contributed by atoms with Gasteiger partial charge >= 0.3 is 5.97 Å². The highest BCUT2D eigenvalue weighted by Gasteiger charge is 2.22. The van der Waals surface area contributed by atoms with E-state index in [2.05, 4.69) is 10.6 Å². The van der Waals surface area contributed by atoms with Gasteiger partial charge in [-0.25, -0.2) is 0 Å². The second-order valence-corrected chi connectivity index (χ2v) is 6.02. The number of rotatable bonds is 8. The fourth-order valence-electron chi connectivity index (χ4n) is 2.75. The third-order valence-electron chi connectivity index (χ3n) is 4.14. The van der Waals surface area contributed by atoms with Crippen LogP contribution in [0.4, 0.5) is 11.4 Å². The smallest absolute Gasteiger partial charge is 0.309 e. The molecule has 1 aromatic rings. The van der Waals surface area contributed by atoms with Crippen molar-refractivity contribution in [1.82, 2.24) is 5.32 Å². The Bertz CT molecular complexity index is 597. The van der Waals surface area contributed by atoms with Crippen molar-refractivity contribution in [2.45, 2.75) is 32.1 Å². The first kappa shape index (κ1) is 18.7. The van der Waals surface area contributed by atoms with E-state index in [1.807, 2.05) is 0 Å². The summed E-state index contributed by atoms with van der Waals surface area (Å²) in [4.78, 5) is 33.6. The van der Waals surface area contributed by atoms with E-state index in [0.717, 1.165) is 37.8 Å². The molecule has 0 bridgehead atoms. The number of nitrogens with one attached hydrogen (secondary N) is 2. The fourth-order valence-corrected chi connectivity index (χ4v) is 2.75. The summed E-state index contributed by atoms with van der Waals surface area (Å²) in [6.45, 7) is 0.559. The molecule has 8 heteroatoms. The van der Waals surface area contributed by atoms with Crippen LogP contribution in [-0.4, -0.2) is 36.5 Å². The van der Waals surface area contributed by atoms with Crippen molar-refractivity contribution in [1.29, 1.82) is 0 Å². The number of ether oxygens (including phenoxy) is 1. The molecule has 1 aliphatic rings. The van der Waals surface area contributed by atoms with Crippen molar-refractivity contribution in [2.75, 3.05) is 25.0 Å². The van der Waals surface area contributed by atoms with Crippen molar-refractivity contribution >= 4 is 23.3 Å². The molecule has 0 spiro atoms. The predicted octanol–water partition coefficient (Wildman–Crippen LogP) is 2.25. The Morgan fingerprint density at radius 2 is 1.80 bits per heavy atom. The van der Waals surface area contributed by atoms with Gasteiger partial charge in [0.05, 0.1) is 10.8 Å². The molecule has 1 aromatic carbocycles. The summed E-state index contributed by atoms with van der Waals surface area (Å²) in [5.41, 5.74) is 0.752. The first-order valence-electron chi connectivity index (χ1n) is 8.48. The zero-order valence-electron chi connectivity index (χ0n) is 14.0. The number of benzene rings is 1. The lowest BCUT2D eigenvalue weighted by Gasteiger charge is -2.19. The fraction of sp³-hybridized carbons (Fsp3) is 0.529. The molecule has 136 valence electrons. The molecule has 1 amide bonds. The largest absolute Gasteiger partial charge is 0.455 e. The van der Waals surface area contributed by atoms with Crippen LogP contribution >= 0.6 is 0 Å². The maximum absolute atomic E-state index is 11.8. The average molecular weight is 349 g/mol. The van der Waals surface area contributed by atoms with Gasteiger partial charge in [0.25, 0.3) is 11.6 Å². The van der Waals surface area contributed by atoms with E-state index < -0.39 is 4.92 Å². The maximum Gasteiger partial charge on any atom is 0.309 e. The molecule has 0 radical (unpaired) electrons. The van der Waals surface area contributed by atoms with Gasteiger partial charge in [-0.15, -0.1) is 0 Å². The van der Waals surface area contributed by atoms with Gasteiger partial charge in [-0.05, 0) is 25.0 Å². The first-order chi connectivity index (χ1) is 12.1. The number of esters is 1. The van der Waals surface area contributed by atoms with E-state index in [1.165, 1.54) is 12.1 Å². The number of amides is 1. The zero-order chi connectivity index (χ0) is 18.1. The SMILES string of the molecule is O=C(COC(=O)C1CCCCC1)NCCNc1ccc([N+](=O)[O-])cc1. The van der Waals surface area contributed by atoms with Crippen LogP contribution in [0.5, 0.6) is 0 Å². The molecule has 0 atom stereocenters. The monoisotopic (exact) mass is 349 g/mol. The minimum absolute atomic E-state index is 0.0265. The van der Waals surface area contributed by atoms with Crippen LogP contribution in [0.25, 0.3) is 0 Å². The summed E-state index contributed by atoms with van der Waals surface area (Å²) in [7, 11) is 0. The number of hydrogen-bond donors (Lipinski definition) is 2. The Hall–Kier alpha value is -2.64. The number of anilines is 1. The van der Waals surface area contributed by atoms with E-state index >= 15 is 0 Å². The summed E-state index contributed by atoms with van der Waals surface area (Å²) in [6.07, 6.45) is 4.94. The Morgan fingerprint density at radius 1 is 1.12 bits per heavy atom. The Kier molecular flexibility index (Phi) is 7.18. The van der Waals surface area contributed by atoms with Crippen molar-refractivity contribution in [3.8, 4) is 0 Å². The Morgan fingerprint density at radius 3 is 2.44 bits per heavy atom. The van der Waals surface area contributed by atoms with E-state index in [4.69, 9.17) is 4.74 Å². The van der Waals surface area contributed by atoms with Gasteiger partial charge in [-0.2, -0.15) is 0 Å². The predicted molar refractivity (Wildman–Crippen MR) is 92.1 cm³/mol. The molecule has 0 aromatic heterocycles. The highest BCUT2D eigenvalue weighted by atomic mass is 16.6. The van der Waals surface area contributed by atoms with E-state index in [1.54, 1.807) is 12.1 Å². The van der Waals surface area contributed by atoms with Crippen LogP contribution in [-0.2, 0) is 14.3 Å². The molecule has 2 rings (SSSR count). The summed E-state index contributed by atoms with van der Waals surface area (Å²) in [5.74, 6) is -0.682. The van der Waals surface area contributed by atoms with Crippen molar-refractivity contribution in [2.24, 2.45) is 5.92 Å². The van der Waals surface area contributed by atoms with Gasteiger partial charge in [0.1, 0.15) is 0 Å². The summed E-state index contributed by atoms with van der Waals surface area (Å²) in [6, 6.07) is 6.02. The van der Waals surface area contributed by atoms with Gasteiger partial charge in [-0.3, -0.25) is 19.7 Å². The standard InChI is InChI=1S/C17H23N3O5/c21-16(12-25-17(22)13-4-2-1-3-5-13)19-11-10-18-14-6-8-15(9-7-14)20(23)24/h6-9,13,18H,1-5,10-12H2,(H,19,21). The van der Waals surface area contributed by atoms with Crippen LogP contribution < -0.4 is 10.6 Å². The quantitative estimate of drug-likeness (QED) is 0.322. The lowest BCUT2D eigenvalue weighted by atomic mass is 9.89. The molecule has 25 heavy (non-hydrogen) atoms. The van der Waals surface area contributed by atoms with Crippen LogP contribution in [0.3, 0.4) is 0 Å². The van der Waals surface area contributed by atoms with Gasteiger partial charge in [0.2, 0.25) is 0 Å². The molecule has 2 N–H and O–H groups in total. The van der Waals surface area contributed by atoms with Crippen molar-refractivity contribution < 1.29 is 19.2 Å². The van der Waals surface area contributed by atoms with Gasteiger partial charge < -0.3 is 15.4 Å². The van der Waals surface area contributed by atoms with E-state index in [-0.39, 0.29) is 30.1 Å². The van der Waals surface area contributed by atoms with Gasteiger partial charge in [-0.1, -0.05) is 19.3 Å². The van der Waals surface area contributed by atoms with Crippen molar-refractivity contribution in [3.63, 3.8) is 0 Å². The lowest BCUT2D eigenvalue weighted by Crippen LogP contribution is -2.33. The molecule has 0 saturated heterocycles. The normalized spacial score (nSPS) is 14.6. The summed E-state index contributed by atoms with van der Waals surface area (Å²) in [5, 5.41) is 16.3. The van der Waals surface area contributed by atoms with Crippen LogP contribution in [0.2, 0.25) is 0 Å². The minimum Gasteiger partial charge on any atom is -0.455 e. The lowest BCUT2D eigenvalue weighted by molar-refractivity contribution is -0.384. The number of nitro benzene ring substituents is 1. The van der Waals surface area contributed by atoms with Gasteiger partial charge in [0.15, 0.2) is 6.61 Å². The number of carbonyl (C=O) groups is 2. The Balaban J connectivity index is 1.58. The molecule has 0 aliphatic heterocycles. The van der Waals surface area contributed by atoms with E-state index in [0.29, 0.717) is 13.1 Å². The number of non-ortho nitro benzene ring substituents is 1. The Labute approximate surface area is 146 Å². The maximum atomic E-state index is 11.8. The molecule has 8 nitrogen and oxygen atoms in total. The summed E-state index contributed by atoms with van der Waals surface area (Å²) < 4.78 is 5.06. The molecule has 0 heterocycles. The first-order valence-corrected chi connectivity index (χ1v) is 8.48. The number of nitrogens with zero attached hydrogens (tertiary/aromatic N) is 1. The number of carbonyl (C=O) groups excluding carboxylic acids is 2. The van der Waals surface area contributed by atoms with Gasteiger partial charge in [0, 0.05) is 30.9 Å². The molecule has 1 fully saturated rings. The zero-order valence-corrected chi connectivity index (χ0v) is 14.0. The van der Waals surface area contributed by atoms with Crippen LogP contribution in [0.1, 0.15) is 32.1 Å².